The number of nitrogens with one attached hydrogen (secondary N) is 2. The number of hydrogen-bond acceptors (Lipinski definition) is 5. The Bertz CT molecular complexity index is 807. The number of rotatable bonds is 5. The standard InChI is InChI=1S/C16H25N3O4S2/c1-18-24(20,21)14-5-7-15(8-6-14)25(22,23)19-16-11-3-2-4-12(16)10-13(17)9-11/h5-8,11-13,16,18-19H,2-4,9-10,17H2,1H3. The fourth-order valence-electron chi connectivity index (χ4n) is 4.14. The summed E-state index contributed by atoms with van der Waals surface area (Å²) in [6, 6.07) is 5.34. The van der Waals surface area contributed by atoms with Gasteiger partial charge in [-0.1, -0.05) is 6.42 Å². The lowest BCUT2D eigenvalue weighted by Gasteiger charge is -2.45. The zero-order valence-corrected chi connectivity index (χ0v) is 15.8. The predicted octanol–water partition coefficient (Wildman–Crippen LogP) is 0.779. The molecule has 2 unspecified atom stereocenters. The lowest BCUT2D eigenvalue weighted by molar-refractivity contribution is 0.125. The molecule has 2 saturated carbocycles. The number of fused-ring (bicyclic) bond motifs is 2. The molecule has 140 valence electrons. The molecule has 2 aliphatic rings. The Kier molecular flexibility index (Phi) is 5.23. The summed E-state index contributed by atoms with van der Waals surface area (Å²) in [5.41, 5.74) is 6.09. The Morgan fingerprint density at radius 2 is 1.40 bits per heavy atom. The van der Waals surface area contributed by atoms with Crippen molar-refractivity contribution >= 4 is 20.0 Å². The molecule has 2 bridgehead atoms. The fourth-order valence-corrected chi connectivity index (χ4v) is 6.25. The highest BCUT2D eigenvalue weighted by molar-refractivity contribution is 7.90. The molecule has 4 N–H and O–H groups in total. The van der Waals surface area contributed by atoms with Crippen molar-refractivity contribution in [2.75, 3.05) is 7.05 Å². The molecule has 0 heterocycles. The topological polar surface area (TPSA) is 118 Å². The van der Waals surface area contributed by atoms with Gasteiger partial charge in [-0.3, -0.25) is 0 Å². The molecule has 9 heteroatoms. The first-order valence-electron chi connectivity index (χ1n) is 8.54. The van der Waals surface area contributed by atoms with Gasteiger partial charge in [-0.15, -0.1) is 0 Å². The van der Waals surface area contributed by atoms with E-state index in [-0.39, 0.29) is 33.7 Å². The van der Waals surface area contributed by atoms with Crippen molar-refractivity contribution in [1.82, 2.24) is 9.44 Å². The van der Waals surface area contributed by atoms with Crippen LogP contribution in [0, 0.1) is 11.8 Å². The smallest absolute Gasteiger partial charge is 0.240 e. The van der Waals surface area contributed by atoms with Crippen LogP contribution in [0.1, 0.15) is 32.1 Å². The summed E-state index contributed by atoms with van der Waals surface area (Å²) >= 11 is 0. The van der Waals surface area contributed by atoms with Crippen LogP contribution in [0.2, 0.25) is 0 Å². The minimum Gasteiger partial charge on any atom is -0.328 e. The van der Waals surface area contributed by atoms with Crippen molar-refractivity contribution in [3.8, 4) is 0 Å². The first kappa shape index (κ1) is 18.8. The monoisotopic (exact) mass is 387 g/mol. The number of hydrogen-bond donors (Lipinski definition) is 3. The van der Waals surface area contributed by atoms with E-state index in [4.69, 9.17) is 5.73 Å². The quantitative estimate of drug-likeness (QED) is 0.690. The molecular formula is C16H25N3O4S2. The Morgan fingerprint density at radius 3 is 1.88 bits per heavy atom. The van der Waals surface area contributed by atoms with Crippen LogP contribution in [0.3, 0.4) is 0 Å². The van der Waals surface area contributed by atoms with E-state index in [0.717, 1.165) is 32.1 Å². The zero-order valence-electron chi connectivity index (χ0n) is 14.2. The summed E-state index contributed by atoms with van der Waals surface area (Å²) in [6.45, 7) is 0. The Morgan fingerprint density at radius 1 is 0.920 bits per heavy atom. The van der Waals surface area contributed by atoms with Gasteiger partial charge in [-0.2, -0.15) is 0 Å². The molecule has 0 amide bonds. The van der Waals surface area contributed by atoms with Gasteiger partial charge in [0.1, 0.15) is 0 Å². The second-order valence-electron chi connectivity index (χ2n) is 7.01. The normalized spacial score (nSPS) is 30.2. The van der Waals surface area contributed by atoms with Gasteiger partial charge in [0, 0.05) is 12.1 Å². The van der Waals surface area contributed by atoms with Crippen LogP contribution < -0.4 is 15.2 Å². The van der Waals surface area contributed by atoms with Crippen LogP contribution in [0.5, 0.6) is 0 Å². The van der Waals surface area contributed by atoms with E-state index in [2.05, 4.69) is 9.44 Å². The highest BCUT2D eigenvalue weighted by atomic mass is 32.2. The third kappa shape index (κ3) is 3.90. The molecule has 1 aromatic rings. The van der Waals surface area contributed by atoms with E-state index >= 15 is 0 Å². The highest BCUT2D eigenvalue weighted by Crippen LogP contribution is 2.40. The molecule has 1 aromatic carbocycles. The second-order valence-corrected chi connectivity index (χ2v) is 10.6. The molecule has 0 aromatic heterocycles. The van der Waals surface area contributed by atoms with Gasteiger partial charge in [0.15, 0.2) is 0 Å². The molecule has 2 fully saturated rings. The van der Waals surface area contributed by atoms with Gasteiger partial charge in [0.25, 0.3) is 0 Å². The molecule has 7 nitrogen and oxygen atoms in total. The van der Waals surface area contributed by atoms with Gasteiger partial charge in [-0.05, 0) is 68.8 Å². The first-order chi connectivity index (χ1) is 11.7. The molecular weight excluding hydrogens is 362 g/mol. The molecule has 0 spiro atoms. The van der Waals surface area contributed by atoms with E-state index in [1.54, 1.807) is 0 Å². The van der Waals surface area contributed by atoms with Crippen LogP contribution in [-0.2, 0) is 20.0 Å². The maximum absolute atomic E-state index is 12.7. The van der Waals surface area contributed by atoms with E-state index < -0.39 is 20.0 Å². The van der Waals surface area contributed by atoms with Crippen LogP contribution in [-0.4, -0.2) is 36.0 Å². The van der Waals surface area contributed by atoms with E-state index in [9.17, 15) is 16.8 Å². The molecule has 25 heavy (non-hydrogen) atoms. The molecule has 0 saturated heterocycles. The second kappa shape index (κ2) is 6.96. The maximum atomic E-state index is 12.7. The van der Waals surface area contributed by atoms with Crippen molar-refractivity contribution in [1.29, 1.82) is 0 Å². The average Bonchev–Trinajstić information content (AvgIpc) is 2.55. The van der Waals surface area contributed by atoms with Gasteiger partial charge in [-0.25, -0.2) is 26.3 Å². The zero-order chi connectivity index (χ0) is 18.2. The average molecular weight is 388 g/mol. The minimum atomic E-state index is -3.69. The largest absolute Gasteiger partial charge is 0.328 e. The Hall–Kier alpha value is -1.00. The summed E-state index contributed by atoms with van der Waals surface area (Å²) in [7, 11) is -5.97. The van der Waals surface area contributed by atoms with Crippen LogP contribution in [0.25, 0.3) is 0 Å². The highest BCUT2D eigenvalue weighted by Gasteiger charge is 2.41. The van der Waals surface area contributed by atoms with Crippen molar-refractivity contribution in [3.05, 3.63) is 24.3 Å². The molecule has 0 radical (unpaired) electrons. The summed E-state index contributed by atoms with van der Waals surface area (Å²) in [5.74, 6) is 0.558. The van der Waals surface area contributed by atoms with Crippen LogP contribution in [0.15, 0.2) is 34.1 Å². The molecule has 0 aliphatic heterocycles. The maximum Gasteiger partial charge on any atom is 0.240 e. The summed E-state index contributed by atoms with van der Waals surface area (Å²) in [4.78, 5) is 0.116. The molecule has 3 rings (SSSR count). The summed E-state index contributed by atoms with van der Waals surface area (Å²) in [5, 5.41) is 0. The van der Waals surface area contributed by atoms with Gasteiger partial charge < -0.3 is 5.73 Å². The van der Waals surface area contributed by atoms with Crippen LogP contribution >= 0.6 is 0 Å². The van der Waals surface area contributed by atoms with E-state index in [0.29, 0.717) is 0 Å². The van der Waals surface area contributed by atoms with Gasteiger partial charge in [0.05, 0.1) is 9.79 Å². The first-order valence-corrected chi connectivity index (χ1v) is 11.5. The lowest BCUT2D eigenvalue weighted by Crippen LogP contribution is -2.53. The van der Waals surface area contributed by atoms with Crippen molar-refractivity contribution in [3.63, 3.8) is 0 Å². The fraction of sp³-hybridized carbons (Fsp3) is 0.625. The van der Waals surface area contributed by atoms with E-state index in [1.807, 2.05) is 0 Å². The van der Waals surface area contributed by atoms with Crippen molar-refractivity contribution < 1.29 is 16.8 Å². The third-order valence-electron chi connectivity index (χ3n) is 5.38. The van der Waals surface area contributed by atoms with Gasteiger partial charge in [0.2, 0.25) is 20.0 Å². The SMILES string of the molecule is CNS(=O)(=O)c1ccc(S(=O)(=O)NC2C3CCCC2CC(N)C3)cc1. The van der Waals surface area contributed by atoms with Gasteiger partial charge >= 0.3 is 0 Å². The predicted molar refractivity (Wildman–Crippen MR) is 94.8 cm³/mol. The number of benzene rings is 1. The van der Waals surface area contributed by atoms with Crippen molar-refractivity contribution in [2.45, 2.75) is 54.0 Å². The number of nitrogens with two attached hydrogens (primary N) is 1. The van der Waals surface area contributed by atoms with Crippen LogP contribution in [0.4, 0.5) is 0 Å². The molecule has 2 aliphatic carbocycles. The summed E-state index contributed by atoms with van der Waals surface area (Å²) < 4.78 is 54.0. The number of sulfonamides is 2. The lowest BCUT2D eigenvalue weighted by atomic mass is 9.67. The molecule has 2 atom stereocenters. The minimum absolute atomic E-state index is 0.0365. The Labute approximate surface area is 149 Å². The summed E-state index contributed by atoms with van der Waals surface area (Å²) in [6.07, 6.45) is 4.82. The Balaban J connectivity index is 1.80. The van der Waals surface area contributed by atoms with E-state index in [1.165, 1.54) is 31.3 Å². The third-order valence-corrected chi connectivity index (χ3v) is 8.29. The van der Waals surface area contributed by atoms with Crippen molar-refractivity contribution in [2.24, 2.45) is 17.6 Å².